The highest BCUT2D eigenvalue weighted by molar-refractivity contribution is 7.13. The van der Waals surface area contributed by atoms with E-state index in [1.54, 1.807) is 0 Å². The van der Waals surface area contributed by atoms with Crippen LogP contribution in [0, 0.1) is 13.8 Å². The minimum absolute atomic E-state index is 0. The standard InChI is InChI=1S/C15H17N3OS.2ClH/c1-9-14(20-10(2)18-9)15(19)17-6-11-3-4-12-7-16-8-13(12)5-11;;/h3-5,16H,6-8H2,1-2H3,(H,17,19);2*1H. The molecule has 4 nitrogen and oxygen atoms in total. The Morgan fingerprint density at radius 2 is 2.00 bits per heavy atom. The van der Waals surface area contributed by atoms with Crippen molar-refractivity contribution in [3.05, 3.63) is 50.5 Å². The minimum atomic E-state index is -0.0354. The van der Waals surface area contributed by atoms with Gasteiger partial charge in [0, 0.05) is 19.6 Å². The molecule has 120 valence electrons. The number of halogens is 2. The first kappa shape index (κ1) is 18.9. The van der Waals surface area contributed by atoms with Crippen LogP contribution in [0.15, 0.2) is 18.2 Å². The maximum absolute atomic E-state index is 12.1. The molecule has 3 rings (SSSR count). The second-order valence-corrected chi connectivity index (χ2v) is 6.24. The van der Waals surface area contributed by atoms with Gasteiger partial charge in [0.1, 0.15) is 4.88 Å². The zero-order chi connectivity index (χ0) is 14.1. The molecule has 1 amide bonds. The molecule has 1 aromatic carbocycles. The fraction of sp³-hybridized carbons (Fsp3) is 0.333. The summed E-state index contributed by atoms with van der Waals surface area (Å²) in [5.41, 5.74) is 4.64. The fourth-order valence-corrected chi connectivity index (χ4v) is 3.30. The molecule has 0 saturated heterocycles. The van der Waals surface area contributed by atoms with Crippen molar-refractivity contribution in [3.8, 4) is 0 Å². The molecular weight excluding hydrogens is 341 g/mol. The third-order valence-corrected chi connectivity index (χ3v) is 4.54. The number of benzene rings is 1. The molecule has 2 aromatic rings. The number of carbonyl (C=O) groups is 1. The summed E-state index contributed by atoms with van der Waals surface area (Å²) in [6.45, 7) is 6.22. The van der Waals surface area contributed by atoms with E-state index in [0.29, 0.717) is 11.4 Å². The lowest BCUT2D eigenvalue weighted by atomic mass is 10.1. The summed E-state index contributed by atoms with van der Waals surface area (Å²) in [5.74, 6) is -0.0354. The predicted octanol–water partition coefficient (Wildman–Crippen LogP) is 3.14. The van der Waals surface area contributed by atoms with Gasteiger partial charge in [-0.05, 0) is 30.5 Å². The van der Waals surface area contributed by atoms with Crippen molar-refractivity contribution in [3.63, 3.8) is 0 Å². The normalized spacial score (nSPS) is 12.1. The molecule has 0 aliphatic carbocycles. The fourth-order valence-electron chi connectivity index (χ4n) is 2.46. The molecule has 0 bridgehead atoms. The smallest absolute Gasteiger partial charge is 0.263 e. The maximum Gasteiger partial charge on any atom is 0.263 e. The number of hydrogen-bond donors (Lipinski definition) is 2. The average Bonchev–Trinajstić information content (AvgIpc) is 3.01. The summed E-state index contributed by atoms with van der Waals surface area (Å²) < 4.78 is 0. The van der Waals surface area contributed by atoms with E-state index in [-0.39, 0.29) is 30.7 Å². The summed E-state index contributed by atoms with van der Waals surface area (Å²) in [7, 11) is 0. The Kier molecular flexibility index (Phi) is 6.81. The number of amides is 1. The van der Waals surface area contributed by atoms with E-state index in [0.717, 1.165) is 29.4 Å². The molecule has 22 heavy (non-hydrogen) atoms. The van der Waals surface area contributed by atoms with E-state index in [2.05, 4.69) is 33.8 Å². The van der Waals surface area contributed by atoms with Crippen LogP contribution in [0.3, 0.4) is 0 Å². The van der Waals surface area contributed by atoms with Crippen molar-refractivity contribution in [2.24, 2.45) is 0 Å². The van der Waals surface area contributed by atoms with Crippen LogP contribution in [0.4, 0.5) is 0 Å². The van der Waals surface area contributed by atoms with E-state index in [4.69, 9.17) is 0 Å². The number of hydrogen-bond acceptors (Lipinski definition) is 4. The molecule has 7 heteroatoms. The number of nitrogens with zero attached hydrogens (tertiary/aromatic N) is 1. The van der Waals surface area contributed by atoms with Gasteiger partial charge in [-0.3, -0.25) is 4.79 Å². The number of aryl methyl sites for hydroxylation is 2. The van der Waals surface area contributed by atoms with Crippen molar-refractivity contribution in [2.75, 3.05) is 0 Å². The topological polar surface area (TPSA) is 54.0 Å². The molecule has 0 unspecified atom stereocenters. The average molecular weight is 360 g/mol. The second kappa shape index (κ2) is 7.92. The van der Waals surface area contributed by atoms with Gasteiger partial charge in [-0.25, -0.2) is 4.98 Å². The van der Waals surface area contributed by atoms with E-state index in [9.17, 15) is 4.79 Å². The van der Waals surface area contributed by atoms with E-state index < -0.39 is 0 Å². The van der Waals surface area contributed by atoms with E-state index in [1.807, 2.05) is 13.8 Å². The Bertz CT molecular complexity index is 673. The molecule has 0 saturated carbocycles. The maximum atomic E-state index is 12.1. The lowest BCUT2D eigenvalue weighted by Gasteiger charge is -2.06. The Morgan fingerprint density at radius 1 is 1.27 bits per heavy atom. The minimum Gasteiger partial charge on any atom is -0.347 e. The number of rotatable bonds is 3. The Hall–Kier alpha value is -1.14. The predicted molar refractivity (Wildman–Crippen MR) is 94.2 cm³/mol. The van der Waals surface area contributed by atoms with E-state index >= 15 is 0 Å². The van der Waals surface area contributed by atoms with Crippen LogP contribution in [0.1, 0.15) is 37.1 Å². The van der Waals surface area contributed by atoms with Gasteiger partial charge < -0.3 is 10.6 Å². The highest BCUT2D eigenvalue weighted by atomic mass is 35.5. The van der Waals surface area contributed by atoms with Crippen LogP contribution in [0.5, 0.6) is 0 Å². The second-order valence-electron chi connectivity index (χ2n) is 5.04. The zero-order valence-corrected chi connectivity index (χ0v) is 14.9. The number of aromatic nitrogens is 1. The Labute approximate surface area is 146 Å². The molecular formula is C15H19Cl2N3OS. The van der Waals surface area contributed by atoms with Crippen LogP contribution < -0.4 is 10.6 Å². The molecule has 1 aliphatic heterocycles. The molecule has 0 atom stereocenters. The van der Waals surface area contributed by atoms with Gasteiger partial charge >= 0.3 is 0 Å². The van der Waals surface area contributed by atoms with Crippen LogP contribution in [-0.2, 0) is 19.6 Å². The quantitative estimate of drug-likeness (QED) is 0.884. The Balaban J connectivity index is 0.00000121. The molecule has 2 heterocycles. The molecule has 0 radical (unpaired) electrons. The van der Waals surface area contributed by atoms with Crippen molar-refractivity contribution in [2.45, 2.75) is 33.5 Å². The van der Waals surface area contributed by atoms with Gasteiger partial charge in [-0.1, -0.05) is 18.2 Å². The number of fused-ring (bicyclic) bond motifs is 1. The van der Waals surface area contributed by atoms with Crippen molar-refractivity contribution >= 4 is 42.1 Å². The molecule has 1 aliphatic rings. The molecule has 0 spiro atoms. The largest absolute Gasteiger partial charge is 0.347 e. The molecule has 1 aromatic heterocycles. The monoisotopic (exact) mass is 359 g/mol. The Morgan fingerprint density at radius 3 is 2.68 bits per heavy atom. The highest BCUT2D eigenvalue weighted by Gasteiger charge is 2.14. The van der Waals surface area contributed by atoms with Gasteiger partial charge in [0.25, 0.3) is 5.91 Å². The lowest BCUT2D eigenvalue weighted by molar-refractivity contribution is 0.0954. The molecule has 2 N–H and O–H groups in total. The first-order valence-corrected chi connectivity index (χ1v) is 7.49. The van der Waals surface area contributed by atoms with Crippen LogP contribution in [0.2, 0.25) is 0 Å². The van der Waals surface area contributed by atoms with Crippen LogP contribution in [0.25, 0.3) is 0 Å². The van der Waals surface area contributed by atoms with Crippen molar-refractivity contribution < 1.29 is 4.79 Å². The van der Waals surface area contributed by atoms with Crippen molar-refractivity contribution in [1.82, 2.24) is 15.6 Å². The van der Waals surface area contributed by atoms with Crippen molar-refractivity contribution in [1.29, 1.82) is 0 Å². The first-order chi connectivity index (χ1) is 9.63. The van der Waals surface area contributed by atoms with Gasteiger partial charge in [0.15, 0.2) is 0 Å². The zero-order valence-electron chi connectivity index (χ0n) is 12.4. The van der Waals surface area contributed by atoms with Gasteiger partial charge in [0.05, 0.1) is 10.7 Å². The first-order valence-electron chi connectivity index (χ1n) is 6.67. The van der Waals surface area contributed by atoms with Gasteiger partial charge in [-0.15, -0.1) is 36.2 Å². The van der Waals surface area contributed by atoms with Crippen LogP contribution in [-0.4, -0.2) is 10.9 Å². The number of thiazole rings is 1. The lowest BCUT2D eigenvalue weighted by Crippen LogP contribution is -2.22. The summed E-state index contributed by atoms with van der Waals surface area (Å²) in [4.78, 5) is 17.1. The summed E-state index contributed by atoms with van der Waals surface area (Å²) >= 11 is 1.44. The van der Waals surface area contributed by atoms with Gasteiger partial charge in [-0.2, -0.15) is 0 Å². The number of nitrogens with one attached hydrogen (secondary N) is 2. The third kappa shape index (κ3) is 3.98. The van der Waals surface area contributed by atoms with Gasteiger partial charge in [0.2, 0.25) is 0 Å². The third-order valence-electron chi connectivity index (χ3n) is 3.46. The summed E-state index contributed by atoms with van der Waals surface area (Å²) in [5, 5.41) is 7.22. The molecule has 0 fully saturated rings. The van der Waals surface area contributed by atoms with Crippen LogP contribution >= 0.6 is 36.2 Å². The highest BCUT2D eigenvalue weighted by Crippen LogP contribution is 2.18. The van der Waals surface area contributed by atoms with E-state index in [1.165, 1.54) is 22.5 Å². The number of carbonyl (C=O) groups excluding carboxylic acids is 1. The SMILES string of the molecule is Cc1nc(C)c(C(=O)NCc2ccc3c(c2)CNC3)s1.Cl.Cl. The summed E-state index contributed by atoms with van der Waals surface area (Å²) in [6.07, 6.45) is 0. The summed E-state index contributed by atoms with van der Waals surface area (Å²) in [6, 6.07) is 6.39.